The molecule has 0 amide bonds. The molecule has 118 valence electrons. The van der Waals surface area contributed by atoms with Crippen LogP contribution in [0.15, 0.2) is 42.6 Å². The Balaban J connectivity index is 1.77. The number of pyridine rings is 1. The average molecular weight is 308 g/mol. The van der Waals surface area contributed by atoms with Crippen LogP contribution in [0.5, 0.6) is 5.75 Å². The van der Waals surface area contributed by atoms with Gasteiger partial charge in [0.05, 0.1) is 6.54 Å². The molecule has 1 aromatic carbocycles. The van der Waals surface area contributed by atoms with Crippen LogP contribution in [0.2, 0.25) is 0 Å². The maximum Gasteiger partial charge on any atom is 0.160 e. The SMILES string of the molecule is Oc1ccc(Cn2c(C3CCNCC3)nc3cccnc32)cc1. The van der Waals surface area contributed by atoms with Gasteiger partial charge in [-0.3, -0.25) is 0 Å². The Morgan fingerprint density at radius 3 is 2.70 bits per heavy atom. The van der Waals surface area contributed by atoms with Gasteiger partial charge in [-0.15, -0.1) is 0 Å². The summed E-state index contributed by atoms with van der Waals surface area (Å²) in [5.74, 6) is 1.90. The summed E-state index contributed by atoms with van der Waals surface area (Å²) in [5, 5.41) is 12.9. The van der Waals surface area contributed by atoms with E-state index in [1.807, 2.05) is 30.5 Å². The fourth-order valence-electron chi connectivity index (χ4n) is 3.31. The van der Waals surface area contributed by atoms with Gasteiger partial charge < -0.3 is 15.0 Å². The second-order valence-corrected chi connectivity index (χ2v) is 6.09. The lowest BCUT2D eigenvalue weighted by Gasteiger charge is -2.23. The largest absolute Gasteiger partial charge is 0.508 e. The molecule has 0 atom stereocenters. The van der Waals surface area contributed by atoms with E-state index >= 15 is 0 Å². The van der Waals surface area contributed by atoms with Gasteiger partial charge in [0.2, 0.25) is 0 Å². The number of nitrogens with one attached hydrogen (secondary N) is 1. The standard InChI is InChI=1S/C18H20N4O/c23-15-5-3-13(4-6-15)12-22-17(14-7-10-19-11-8-14)21-16-2-1-9-20-18(16)22/h1-6,9,14,19,23H,7-8,10-12H2. The summed E-state index contributed by atoms with van der Waals surface area (Å²) in [4.78, 5) is 9.42. The second kappa shape index (κ2) is 6.01. The minimum Gasteiger partial charge on any atom is -0.508 e. The zero-order chi connectivity index (χ0) is 15.6. The minimum absolute atomic E-state index is 0.293. The zero-order valence-corrected chi connectivity index (χ0v) is 12.9. The van der Waals surface area contributed by atoms with Crippen molar-refractivity contribution >= 4 is 11.2 Å². The van der Waals surface area contributed by atoms with E-state index in [0.29, 0.717) is 11.7 Å². The van der Waals surface area contributed by atoms with E-state index in [-0.39, 0.29) is 0 Å². The van der Waals surface area contributed by atoms with Gasteiger partial charge in [0, 0.05) is 12.1 Å². The topological polar surface area (TPSA) is 63.0 Å². The van der Waals surface area contributed by atoms with Crippen LogP contribution in [-0.2, 0) is 6.54 Å². The fourth-order valence-corrected chi connectivity index (χ4v) is 3.31. The first-order valence-corrected chi connectivity index (χ1v) is 8.11. The summed E-state index contributed by atoms with van der Waals surface area (Å²) >= 11 is 0. The van der Waals surface area contributed by atoms with Gasteiger partial charge in [0.15, 0.2) is 5.65 Å². The Morgan fingerprint density at radius 2 is 1.91 bits per heavy atom. The van der Waals surface area contributed by atoms with Crippen LogP contribution >= 0.6 is 0 Å². The molecule has 1 aliphatic heterocycles. The molecule has 0 radical (unpaired) electrons. The summed E-state index contributed by atoms with van der Waals surface area (Å²) in [5.41, 5.74) is 3.04. The molecule has 3 heterocycles. The van der Waals surface area contributed by atoms with Crippen molar-refractivity contribution in [2.75, 3.05) is 13.1 Å². The molecule has 1 aliphatic rings. The first-order chi connectivity index (χ1) is 11.3. The highest BCUT2D eigenvalue weighted by Gasteiger charge is 2.22. The van der Waals surface area contributed by atoms with E-state index in [1.54, 1.807) is 12.1 Å². The van der Waals surface area contributed by atoms with Crippen LogP contribution in [0.3, 0.4) is 0 Å². The van der Waals surface area contributed by atoms with E-state index in [9.17, 15) is 5.11 Å². The van der Waals surface area contributed by atoms with E-state index in [2.05, 4.69) is 14.9 Å². The van der Waals surface area contributed by atoms with Crippen LogP contribution in [0.1, 0.15) is 30.1 Å². The maximum absolute atomic E-state index is 9.47. The minimum atomic E-state index is 0.293. The number of nitrogens with zero attached hydrogens (tertiary/aromatic N) is 3. The first-order valence-electron chi connectivity index (χ1n) is 8.11. The molecular formula is C18H20N4O. The summed E-state index contributed by atoms with van der Waals surface area (Å²) in [6, 6.07) is 11.3. The summed E-state index contributed by atoms with van der Waals surface area (Å²) in [6.07, 6.45) is 4.04. The molecule has 0 saturated carbocycles. The Bertz CT molecular complexity index is 804. The molecule has 4 rings (SSSR count). The van der Waals surface area contributed by atoms with Gasteiger partial charge in [-0.2, -0.15) is 0 Å². The molecule has 5 heteroatoms. The van der Waals surface area contributed by atoms with Crippen molar-refractivity contribution in [3.63, 3.8) is 0 Å². The van der Waals surface area contributed by atoms with Gasteiger partial charge in [0.25, 0.3) is 0 Å². The number of hydrogen-bond acceptors (Lipinski definition) is 4. The molecule has 2 aromatic heterocycles. The number of phenolic OH excluding ortho intramolecular Hbond substituents is 1. The van der Waals surface area contributed by atoms with Crippen LogP contribution < -0.4 is 5.32 Å². The van der Waals surface area contributed by atoms with Gasteiger partial charge in [-0.1, -0.05) is 12.1 Å². The molecule has 0 spiro atoms. The summed E-state index contributed by atoms with van der Waals surface area (Å²) < 4.78 is 2.23. The van der Waals surface area contributed by atoms with Crippen molar-refractivity contribution in [2.45, 2.75) is 25.3 Å². The normalized spacial score (nSPS) is 16.0. The Morgan fingerprint density at radius 1 is 1.13 bits per heavy atom. The number of benzene rings is 1. The molecule has 0 unspecified atom stereocenters. The molecule has 0 aliphatic carbocycles. The van der Waals surface area contributed by atoms with Crippen LogP contribution in [0.25, 0.3) is 11.2 Å². The molecule has 5 nitrogen and oxygen atoms in total. The number of rotatable bonds is 3. The number of fused-ring (bicyclic) bond motifs is 1. The third-order valence-electron chi connectivity index (χ3n) is 4.51. The van der Waals surface area contributed by atoms with E-state index in [4.69, 9.17) is 4.98 Å². The number of phenols is 1. The highest BCUT2D eigenvalue weighted by molar-refractivity contribution is 5.71. The van der Waals surface area contributed by atoms with E-state index in [0.717, 1.165) is 55.0 Å². The second-order valence-electron chi connectivity index (χ2n) is 6.09. The third kappa shape index (κ3) is 2.80. The maximum atomic E-state index is 9.47. The van der Waals surface area contributed by atoms with E-state index in [1.165, 1.54) is 0 Å². The number of hydrogen-bond donors (Lipinski definition) is 2. The number of piperidine rings is 1. The van der Waals surface area contributed by atoms with Crippen molar-refractivity contribution in [1.82, 2.24) is 19.9 Å². The van der Waals surface area contributed by atoms with Crippen molar-refractivity contribution < 1.29 is 5.11 Å². The van der Waals surface area contributed by atoms with Crippen molar-refractivity contribution in [2.24, 2.45) is 0 Å². The lowest BCUT2D eigenvalue weighted by molar-refractivity contribution is 0.435. The molecular weight excluding hydrogens is 288 g/mol. The van der Waals surface area contributed by atoms with Crippen molar-refractivity contribution in [3.05, 3.63) is 54.0 Å². The third-order valence-corrected chi connectivity index (χ3v) is 4.51. The van der Waals surface area contributed by atoms with Crippen LogP contribution in [-0.4, -0.2) is 32.7 Å². The lowest BCUT2D eigenvalue weighted by atomic mass is 9.97. The predicted molar refractivity (Wildman–Crippen MR) is 89.6 cm³/mol. The number of aromatic nitrogens is 3. The van der Waals surface area contributed by atoms with Crippen molar-refractivity contribution in [1.29, 1.82) is 0 Å². The monoisotopic (exact) mass is 308 g/mol. The number of imidazole rings is 1. The lowest BCUT2D eigenvalue weighted by Crippen LogP contribution is -2.28. The van der Waals surface area contributed by atoms with Gasteiger partial charge in [-0.25, -0.2) is 9.97 Å². The van der Waals surface area contributed by atoms with E-state index < -0.39 is 0 Å². The molecule has 23 heavy (non-hydrogen) atoms. The highest BCUT2D eigenvalue weighted by atomic mass is 16.3. The number of aromatic hydroxyl groups is 1. The Kier molecular flexibility index (Phi) is 3.71. The van der Waals surface area contributed by atoms with Crippen molar-refractivity contribution in [3.8, 4) is 5.75 Å². The average Bonchev–Trinajstić information content (AvgIpc) is 2.96. The predicted octanol–water partition coefficient (Wildman–Crippen LogP) is 2.65. The molecule has 1 fully saturated rings. The molecule has 2 N–H and O–H groups in total. The Hall–Kier alpha value is -2.40. The molecule has 3 aromatic rings. The quantitative estimate of drug-likeness (QED) is 0.781. The van der Waals surface area contributed by atoms with Gasteiger partial charge >= 0.3 is 0 Å². The molecule has 0 bridgehead atoms. The van der Waals surface area contributed by atoms with Gasteiger partial charge in [-0.05, 0) is 55.8 Å². The summed E-state index contributed by atoms with van der Waals surface area (Å²) in [6.45, 7) is 2.81. The first kappa shape index (κ1) is 14.2. The highest BCUT2D eigenvalue weighted by Crippen LogP contribution is 2.28. The Labute approximate surface area is 135 Å². The van der Waals surface area contributed by atoms with Gasteiger partial charge in [0.1, 0.15) is 17.1 Å². The van der Waals surface area contributed by atoms with Crippen LogP contribution in [0.4, 0.5) is 0 Å². The summed E-state index contributed by atoms with van der Waals surface area (Å²) in [7, 11) is 0. The smallest absolute Gasteiger partial charge is 0.160 e. The molecule has 1 saturated heterocycles. The fraction of sp³-hybridized carbons (Fsp3) is 0.333. The van der Waals surface area contributed by atoms with Crippen LogP contribution in [0, 0.1) is 0 Å². The zero-order valence-electron chi connectivity index (χ0n) is 12.9.